The summed E-state index contributed by atoms with van der Waals surface area (Å²) in [5.41, 5.74) is -1.24. The molecule has 0 saturated heterocycles. The molecule has 0 aliphatic heterocycles. The highest BCUT2D eigenvalue weighted by atomic mass is 19.4. The Balaban J connectivity index is 1.72. The van der Waals surface area contributed by atoms with Crippen molar-refractivity contribution in [3.05, 3.63) is 63.6 Å². The molecule has 2 heterocycles. The molecule has 0 radical (unpaired) electrons. The minimum atomic E-state index is -4.55. The van der Waals surface area contributed by atoms with Crippen LogP contribution in [-0.2, 0) is 22.9 Å². The summed E-state index contributed by atoms with van der Waals surface area (Å²) in [5.74, 6) is -0.577. The van der Waals surface area contributed by atoms with Crippen LogP contribution in [0.3, 0.4) is 0 Å². The molecule has 3 aromatic rings. The molecule has 3 N–H and O–H groups in total. The van der Waals surface area contributed by atoms with Gasteiger partial charge in [0.2, 0.25) is 5.91 Å². The average molecular weight is 444 g/mol. The third-order valence-corrected chi connectivity index (χ3v) is 5.55. The number of nitrogens with zero attached hydrogens (tertiary/aromatic N) is 3. The second-order valence-corrected chi connectivity index (χ2v) is 8.02. The van der Waals surface area contributed by atoms with Crippen molar-refractivity contribution in [1.29, 1.82) is 10.8 Å². The van der Waals surface area contributed by atoms with E-state index in [0.29, 0.717) is 11.4 Å². The second kappa shape index (κ2) is 7.43. The van der Waals surface area contributed by atoms with Crippen LogP contribution in [0.25, 0.3) is 10.8 Å². The summed E-state index contributed by atoms with van der Waals surface area (Å²) in [6.07, 6.45) is -0.825. The Kier molecular flexibility index (Phi) is 4.99. The van der Waals surface area contributed by atoms with Gasteiger partial charge in [-0.2, -0.15) is 18.3 Å². The van der Waals surface area contributed by atoms with Crippen LogP contribution in [0.1, 0.15) is 31.0 Å². The van der Waals surface area contributed by atoms with Gasteiger partial charge in [0.15, 0.2) is 0 Å². The molecule has 32 heavy (non-hydrogen) atoms. The second-order valence-electron chi connectivity index (χ2n) is 8.02. The fraction of sp³-hybridized carbons (Fsp3) is 0.286. The van der Waals surface area contributed by atoms with E-state index >= 15 is 0 Å². The number of carbonyl (C=O) groups is 1. The predicted molar refractivity (Wildman–Crippen MR) is 111 cm³/mol. The zero-order valence-corrected chi connectivity index (χ0v) is 17.0. The quantitative estimate of drug-likeness (QED) is 0.415. The first-order valence-electron chi connectivity index (χ1n) is 9.72. The average Bonchev–Trinajstić information content (AvgIpc) is 3.48. The molecule has 0 bridgehead atoms. The number of hydrogen-bond acceptors (Lipinski definition) is 5. The number of alkyl halides is 3. The summed E-state index contributed by atoms with van der Waals surface area (Å²) < 4.78 is 41.8. The highest BCUT2D eigenvalue weighted by Crippen LogP contribution is 2.48. The lowest BCUT2D eigenvalue weighted by Crippen LogP contribution is -2.32. The Hall–Kier alpha value is -3.76. The summed E-state index contributed by atoms with van der Waals surface area (Å²) in [6, 6.07) is 5.81. The minimum Gasteiger partial charge on any atom is -0.323 e. The van der Waals surface area contributed by atoms with Gasteiger partial charge in [-0.05, 0) is 43.2 Å². The van der Waals surface area contributed by atoms with Crippen molar-refractivity contribution in [1.82, 2.24) is 14.3 Å². The van der Waals surface area contributed by atoms with Gasteiger partial charge in [-0.25, -0.2) is 4.68 Å². The van der Waals surface area contributed by atoms with Gasteiger partial charge in [-0.1, -0.05) is 6.92 Å². The van der Waals surface area contributed by atoms with Crippen LogP contribution in [0, 0.1) is 10.8 Å². The molecule has 0 unspecified atom stereocenters. The van der Waals surface area contributed by atoms with E-state index in [1.807, 2.05) is 6.92 Å². The zero-order chi connectivity index (χ0) is 23.3. The van der Waals surface area contributed by atoms with Crippen molar-refractivity contribution >= 4 is 28.7 Å². The van der Waals surface area contributed by atoms with Gasteiger partial charge in [0.1, 0.15) is 12.0 Å². The van der Waals surface area contributed by atoms with Gasteiger partial charge in [0, 0.05) is 17.0 Å². The molecule has 1 aromatic carbocycles. The van der Waals surface area contributed by atoms with Gasteiger partial charge < -0.3 is 5.32 Å². The largest absolute Gasteiger partial charge is 0.416 e. The van der Waals surface area contributed by atoms with E-state index in [-0.39, 0.29) is 16.3 Å². The summed E-state index contributed by atoms with van der Waals surface area (Å²) >= 11 is 0. The van der Waals surface area contributed by atoms with Gasteiger partial charge in [0.25, 0.3) is 5.56 Å². The Morgan fingerprint density at radius 1 is 1.25 bits per heavy atom. The van der Waals surface area contributed by atoms with E-state index in [9.17, 15) is 22.8 Å². The standard InChI is InChI=1S/C21H19F3N6O2/c1-20(6-7-20)18-15-8-12(21(22,23)24)2-4-14(15)19(32)30(28-18)10-17(31)27-13-3-5-16(26)29(9-13)11-25/h2-5,8-9,11,25-26H,6-7,10H2,1H3,(H,27,31). The van der Waals surface area contributed by atoms with Crippen LogP contribution < -0.4 is 16.4 Å². The number of aromatic nitrogens is 3. The smallest absolute Gasteiger partial charge is 0.323 e. The topological polar surface area (TPSA) is 117 Å². The van der Waals surface area contributed by atoms with Crippen LogP contribution in [0.2, 0.25) is 0 Å². The van der Waals surface area contributed by atoms with E-state index in [1.165, 1.54) is 22.9 Å². The van der Waals surface area contributed by atoms with Crippen LogP contribution >= 0.6 is 0 Å². The first-order valence-corrected chi connectivity index (χ1v) is 9.72. The minimum absolute atomic E-state index is 0.0472. The Morgan fingerprint density at radius 3 is 2.59 bits per heavy atom. The number of amides is 1. The van der Waals surface area contributed by atoms with E-state index < -0.39 is 35.2 Å². The molecule has 1 aliphatic carbocycles. The molecule has 0 spiro atoms. The number of hydrogen-bond donors (Lipinski definition) is 3. The number of pyridine rings is 1. The fourth-order valence-corrected chi connectivity index (χ4v) is 3.47. The van der Waals surface area contributed by atoms with Crippen LogP contribution in [0.5, 0.6) is 0 Å². The molecule has 1 amide bonds. The Morgan fingerprint density at radius 2 is 1.97 bits per heavy atom. The number of nitrogens with one attached hydrogen (secondary N) is 3. The van der Waals surface area contributed by atoms with E-state index in [0.717, 1.165) is 42.1 Å². The van der Waals surface area contributed by atoms with Crippen LogP contribution in [0.4, 0.5) is 18.9 Å². The maximum atomic E-state index is 13.2. The number of rotatable bonds is 5. The number of benzene rings is 1. The number of halogens is 3. The number of fused-ring (bicyclic) bond motifs is 1. The first-order chi connectivity index (χ1) is 15.0. The molecular weight excluding hydrogens is 425 g/mol. The molecular formula is C21H19F3N6O2. The predicted octanol–water partition coefficient (Wildman–Crippen LogP) is 2.84. The van der Waals surface area contributed by atoms with Crippen molar-refractivity contribution < 1.29 is 18.0 Å². The maximum Gasteiger partial charge on any atom is 0.416 e. The first kappa shape index (κ1) is 21.5. The Labute approximate surface area is 179 Å². The molecule has 1 saturated carbocycles. The summed E-state index contributed by atoms with van der Waals surface area (Å²) in [7, 11) is 0. The summed E-state index contributed by atoms with van der Waals surface area (Å²) in [4.78, 5) is 25.4. The summed E-state index contributed by atoms with van der Waals surface area (Å²) in [6.45, 7) is 1.43. The molecule has 1 aliphatic rings. The highest BCUT2D eigenvalue weighted by molar-refractivity contribution is 5.91. The lowest BCUT2D eigenvalue weighted by atomic mass is 9.97. The third-order valence-electron chi connectivity index (χ3n) is 5.55. The number of anilines is 1. The zero-order valence-electron chi connectivity index (χ0n) is 17.0. The molecule has 166 valence electrons. The van der Waals surface area contributed by atoms with Crippen molar-refractivity contribution in [2.75, 3.05) is 5.32 Å². The normalized spacial score (nSPS) is 14.9. The molecule has 4 rings (SSSR count). The molecule has 8 nitrogen and oxygen atoms in total. The lowest BCUT2D eigenvalue weighted by Gasteiger charge is -2.16. The Bertz CT molecular complexity index is 1370. The van der Waals surface area contributed by atoms with Gasteiger partial charge in [0.05, 0.1) is 28.7 Å². The summed E-state index contributed by atoms with van der Waals surface area (Å²) in [5, 5.41) is 22.0. The lowest BCUT2D eigenvalue weighted by molar-refractivity contribution is -0.137. The highest BCUT2D eigenvalue weighted by Gasteiger charge is 2.43. The fourth-order valence-electron chi connectivity index (χ4n) is 3.47. The third kappa shape index (κ3) is 3.93. The molecule has 11 heteroatoms. The van der Waals surface area contributed by atoms with E-state index in [1.54, 1.807) is 0 Å². The molecule has 2 aromatic heterocycles. The SMILES string of the molecule is CC1(c2nn(CC(=O)Nc3ccc(=N)n(C=N)c3)c(=O)c3ccc(C(F)(F)F)cc23)CC1. The van der Waals surface area contributed by atoms with Crippen LogP contribution in [0.15, 0.2) is 41.3 Å². The monoisotopic (exact) mass is 444 g/mol. The van der Waals surface area contributed by atoms with Gasteiger partial charge >= 0.3 is 6.18 Å². The van der Waals surface area contributed by atoms with Crippen molar-refractivity contribution in [3.63, 3.8) is 0 Å². The maximum absolute atomic E-state index is 13.2. The van der Waals surface area contributed by atoms with Crippen molar-refractivity contribution in [3.8, 4) is 0 Å². The van der Waals surface area contributed by atoms with Crippen molar-refractivity contribution in [2.45, 2.75) is 37.9 Å². The van der Waals surface area contributed by atoms with Crippen molar-refractivity contribution in [2.24, 2.45) is 0 Å². The van der Waals surface area contributed by atoms with Gasteiger partial charge in [-0.15, -0.1) is 0 Å². The molecule has 1 fully saturated rings. The van der Waals surface area contributed by atoms with Gasteiger partial charge in [-0.3, -0.25) is 25.0 Å². The van der Waals surface area contributed by atoms with E-state index in [4.69, 9.17) is 10.8 Å². The van der Waals surface area contributed by atoms with Crippen LogP contribution in [-0.4, -0.2) is 26.6 Å². The molecule has 0 atom stereocenters. The van der Waals surface area contributed by atoms with E-state index in [2.05, 4.69) is 10.4 Å². The number of carbonyl (C=O) groups excluding carboxylic acids is 1.